The molecule has 1 saturated heterocycles. The molecule has 3 rings (SSSR count). The average molecular weight is 446 g/mol. The summed E-state index contributed by atoms with van der Waals surface area (Å²) in [4.78, 5) is 40.3. The van der Waals surface area contributed by atoms with Crippen LogP contribution in [0, 0.1) is 5.92 Å². The number of aliphatic hydroxyl groups is 3. The first-order valence-electron chi connectivity index (χ1n) is 10.8. The van der Waals surface area contributed by atoms with E-state index in [4.69, 9.17) is 0 Å². The molecule has 0 spiro atoms. The SMILES string of the molecule is C[C@H](O)C(=O)Nc1ccc2c(c1)[C@](O)([C@@H](C)/C=C/CC(=O)N1CCC[C@H]1CO)C(=O)N2C. The zero-order chi connectivity index (χ0) is 23.6. The summed E-state index contributed by atoms with van der Waals surface area (Å²) in [5, 5.41) is 32.8. The molecule has 1 aromatic carbocycles. The van der Waals surface area contributed by atoms with Gasteiger partial charge in [0.2, 0.25) is 5.91 Å². The predicted octanol–water partition coefficient (Wildman–Crippen LogP) is 0.736. The zero-order valence-electron chi connectivity index (χ0n) is 18.6. The molecule has 9 nitrogen and oxygen atoms in total. The van der Waals surface area contributed by atoms with Crippen molar-refractivity contribution < 1.29 is 29.7 Å². The smallest absolute Gasteiger partial charge is 0.264 e. The number of rotatable bonds is 7. The van der Waals surface area contributed by atoms with E-state index in [2.05, 4.69) is 5.32 Å². The number of carbonyl (C=O) groups is 3. The maximum Gasteiger partial charge on any atom is 0.264 e. The standard InChI is InChI=1S/C23H31N3O6/c1-14(6-4-8-20(29)26-11-5-7-17(26)13-27)23(32)18-12-16(24-21(30)15(2)28)9-10-19(18)25(3)22(23)31/h4,6,9-10,12,14-15,17,27-28,32H,5,7-8,11,13H2,1-3H3,(H,24,30)/b6-4+/t14-,15-,17-,23+/m0/s1. The predicted molar refractivity (Wildman–Crippen MR) is 119 cm³/mol. The molecule has 0 radical (unpaired) electrons. The molecule has 1 fully saturated rings. The van der Waals surface area contributed by atoms with E-state index < -0.39 is 29.4 Å². The number of benzene rings is 1. The van der Waals surface area contributed by atoms with Crippen molar-refractivity contribution in [2.75, 3.05) is 30.4 Å². The summed E-state index contributed by atoms with van der Waals surface area (Å²) in [7, 11) is 1.57. The van der Waals surface area contributed by atoms with Crippen LogP contribution in [0.15, 0.2) is 30.4 Å². The highest BCUT2D eigenvalue weighted by Crippen LogP contribution is 2.45. The number of likely N-dealkylation sites (tertiary alicyclic amines) is 1. The van der Waals surface area contributed by atoms with Crippen LogP contribution in [-0.4, -0.2) is 70.3 Å². The lowest BCUT2D eigenvalue weighted by molar-refractivity contribution is -0.139. The molecule has 32 heavy (non-hydrogen) atoms. The van der Waals surface area contributed by atoms with Crippen LogP contribution in [0.2, 0.25) is 0 Å². The fraction of sp³-hybridized carbons (Fsp3) is 0.522. The van der Waals surface area contributed by atoms with E-state index in [1.54, 1.807) is 43.2 Å². The highest BCUT2D eigenvalue weighted by molar-refractivity contribution is 6.07. The van der Waals surface area contributed by atoms with Crippen LogP contribution in [0.3, 0.4) is 0 Å². The summed E-state index contributed by atoms with van der Waals surface area (Å²) in [5.41, 5.74) is -0.647. The number of anilines is 2. The molecule has 9 heteroatoms. The second-order valence-corrected chi connectivity index (χ2v) is 8.51. The van der Waals surface area contributed by atoms with Crippen LogP contribution in [0.25, 0.3) is 0 Å². The lowest BCUT2D eigenvalue weighted by Crippen LogP contribution is -2.43. The van der Waals surface area contributed by atoms with Gasteiger partial charge in [-0.2, -0.15) is 0 Å². The van der Waals surface area contributed by atoms with E-state index in [-0.39, 0.29) is 25.0 Å². The van der Waals surface area contributed by atoms with Gasteiger partial charge in [0.25, 0.3) is 11.8 Å². The maximum atomic E-state index is 13.0. The second kappa shape index (κ2) is 9.40. The van der Waals surface area contributed by atoms with Crippen LogP contribution in [0.5, 0.6) is 0 Å². The Morgan fingerprint density at radius 1 is 1.34 bits per heavy atom. The normalized spacial score (nSPS) is 24.7. The summed E-state index contributed by atoms with van der Waals surface area (Å²) in [5.74, 6) is -1.85. The Morgan fingerprint density at radius 2 is 2.06 bits per heavy atom. The summed E-state index contributed by atoms with van der Waals surface area (Å²) in [6.07, 6.45) is 3.84. The van der Waals surface area contributed by atoms with Crippen molar-refractivity contribution in [1.29, 1.82) is 0 Å². The first-order chi connectivity index (χ1) is 15.1. The minimum atomic E-state index is -1.86. The van der Waals surface area contributed by atoms with Crippen LogP contribution in [0.4, 0.5) is 11.4 Å². The Kier molecular flexibility index (Phi) is 7.02. The van der Waals surface area contributed by atoms with Crippen molar-refractivity contribution >= 4 is 29.1 Å². The van der Waals surface area contributed by atoms with Crippen molar-refractivity contribution in [3.8, 4) is 0 Å². The lowest BCUT2D eigenvalue weighted by Gasteiger charge is -2.27. The first-order valence-corrected chi connectivity index (χ1v) is 10.8. The highest BCUT2D eigenvalue weighted by atomic mass is 16.3. The molecule has 1 aromatic rings. The second-order valence-electron chi connectivity index (χ2n) is 8.51. The van der Waals surface area contributed by atoms with Crippen molar-refractivity contribution in [3.05, 3.63) is 35.9 Å². The Balaban J connectivity index is 1.79. The number of hydrogen-bond acceptors (Lipinski definition) is 6. The molecule has 0 unspecified atom stereocenters. The fourth-order valence-electron chi connectivity index (χ4n) is 4.36. The van der Waals surface area contributed by atoms with Crippen molar-refractivity contribution in [2.45, 2.75) is 50.9 Å². The van der Waals surface area contributed by atoms with Gasteiger partial charge in [-0.3, -0.25) is 14.4 Å². The summed E-state index contributed by atoms with van der Waals surface area (Å²) in [6.45, 7) is 3.59. The first kappa shape index (κ1) is 23.9. The topological polar surface area (TPSA) is 130 Å². The number of fused-ring (bicyclic) bond motifs is 1. The average Bonchev–Trinajstić information content (AvgIpc) is 3.32. The van der Waals surface area contributed by atoms with Gasteiger partial charge >= 0.3 is 0 Å². The van der Waals surface area contributed by atoms with Gasteiger partial charge in [0.1, 0.15) is 6.10 Å². The number of likely N-dealkylation sites (N-methyl/N-ethyl adjacent to an activating group) is 1. The third-order valence-corrected chi connectivity index (χ3v) is 6.33. The van der Waals surface area contributed by atoms with E-state index in [1.807, 2.05) is 0 Å². The van der Waals surface area contributed by atoms with Gasteiger partial charge in [0, 0.05) is 37.2 Å². The van der Waals surface area contributed by atoms with E-state index in [9.17, 15) is 29.7 Å². The van der Waals surface area contributed by atoms with Gasteiger partial charge in [0.15, 0.2) is 5.60 Å². The van der Waals surface area contributed by atoms with E-state index in [1.165, 1.54) is 17.9 Å². The van der Waals surface area contributed by atoms with Gasteiger partial charge in [0.05, 0.1) is 18.3 Å². The van der Waals surface area contributed by atoms with Gasteiger partial charge in [-0.15, -0.1) is 0 Å². The summed E-state index contributed by atoms with van der Waals surface area (Å²) >= 11 is 0. The number of nitrogens with one attached hydrogen (secondary N) is 1. The van der Waals surface area contributed by atoms with Gasteiger partial charge in [-0.05, 0) is 38.0 Å². The minimum absolute atomic E-state index is 0.0584. The van der Waals surface area contributed by atoms with E-state index >= 15 is 0 Å². The highest BCUT2D eigenvalue weighted by Gasteiger charge is 2.51. The Bertz CT molecular complexity index is 930. The largest absolute Gasteiger partial charge is 0.394 e. The van der Waals surface area contributed by atoms with Gasteiger partial charge < -0.3 is 30.4 Å². The van der Waals surface area contributed by atoms with Gasteiger partial charge in [-0.25, -0.2) is 0 Å². The Hall–Kier alpha value is -2.75. The molecule has 0 aliphatic carbocycles. The van der Waals surface area contributed by atoms with Gasteiger partial charge in [-0.1, -0.05) is 19.1 Å². The van der Waals surface area contributed by atoms with Crippen LogP contribution in [0.1, 0.15) is 38.7 Å². The third-order valence-electron chi connectivity index (χ3n) is 6.33. The van der Waals surface area contributed by atoms with Crippen LogP contribution >= 0.6 is 0 Å². The number of nitrogens with zero attached hydrogens (tertiary/aromatic N) is 2. The lowest BCUT2D eigenvalue weighted by atomic mass is 9.82. The zero-order valence-corrected chi connectivity index (χ0v) is 18.6. The molecule has 174 valence electrons. The molecule has 0 bridgehead atoms. The Morgan fingerprint density at radius 3 is 2.72 bits per heavy atom. The van der Waals surface area contributed by atoms with Crippen molar-refractivity contribution in [1.82, 2.24) is 4.90 Å². The molecule has 2 heterocycles. The van der Waals surface area contributed by atoms with Crippen molar-refractivity contribution in [3.63, 3.8) is 0 Å². The third kappa shape index (κ3) is 4.28. The van der Waals surface area contributed by atoms with Crippen LogP contribution in [-0.2, 0) is 20.0 Å². The van der Waals surface area contributed by atoms with Crippen LogP contribution < -0.4 is 10.2 Å². The minimum Gasteiger partial charge on any atom is -0.394 e. The molecule has 2 aliphatic rings. The van der Waals surface area contributed by atoms with E-state index in [0.29, 0.717) is 23.5 Å². The maximum absolute atomic E-state index is 13.0. The number of amides is 3. The summed E-state index contributed by atoms with van der Waals surface area (Å²) < 4.78 is 0. The quantitative estimate of drug-likeness (QED) is 0.458. The molecular weight excluding hydrogens is 414 g/mol. The molecule has 2 aliphatic heterocycles. The molecular formula is C23H31N3O6. The molecule has 4 atom stereocenters. The number of aliphatic hydroxyl groups excluding tert-OH is 2. The fourth-order valence-corrected chi connectivity index (χ4v) is 4.36. The Labute approximate surface area is 187 Å². The summed E-state index contributed by atoms with van der Waals surface area (Å²) in [6, 6.07) is 4.61. The van der Waals surface area contributed by atoms with Crippen molar-refractivity contribution in [2.24, 2.45) is 5.92 Å². The van der Waals surface area contributed by atoms with E-state index in [0.717, 1.165) is 12.8 Å². The monoisotopic (exact) mass is 445 g/mol. The molecule has 3 amide bonds. The molecule has 4 N–H and O–H groups in total. The molecule has 0 aromatic heterocycles. The number of hydrogen-bond donors (Lipinski definition) is 4. The molecule has 0 saturated carbocycles. The number of carbonyl (C=O) groups excluding carboxylic acids is 3.